The van der Waals surface area contributed by atoms with Gasteiger partial charge in [0.05, 0.1) is 5.92 Å². The highest BCUT2D eigenvalue weighted by Gasteiger charge is 2.33. The SMILES string of the molecule is Cc1ccc(NC(=O)[C@@H]2CC[C@H](C(=O)O)C2)cc1C(=O)NC(C)C. The zero-order chi connectivity index (χ0) is 17.9. The van der Waals surface area contributed by atoms with Gasteiger partial charge in [0.15, 0.2) is 0 Å². The van der Waals surface area contributed by atoms with Crippen LogP contribution in [0.5, 0.6) is 0 Å². The molecule has 1 aliphatic rings. The molecule has 1 aromatic carbocycles. The van der Waals surface area contributed by atoms with E-state index in [-0.39, 0.29) is 23.8 Å². The van der Waals surface area contributed by atoms with Crippen molar-refractivity contribution in [2.75, 3.05) is 5.32 Å². The Bertz CT molecular complexity index is 654. The van der Waals surface area contributed by atoms with Crippen LogP contribution in [0.3, 0.4) is 0 Å². The fourth-order valence-corrected chi connectivity index (χ4v) is 2.97. The Labute approximate surface area is 141 Å². The summed E-state index contributed by atoms with van der Waals surface area (Å²) in [5.74, 6) is -1.93. The maximum atomic E-state index is 12.3. The summed E-state index contributed by atoms with van der Waals surface area (Å²) in [6.45, 7) is 5.62. The fraction of sp³-hybridized carbons (Fsp3) is 0.500. The number of hydrogen-bond acceptors (Lipinski definition) is 3. The van der Waals surface area contributed by atoms with Crippen LogP contribution in [0.2, 0.25) is 0 Å². The molecule has 1 saturated carbocycles. The highest BCUT2D eigenvalue weighted by Crippen LogP contribution is 2.32. The molecule has 2 atom stereocenters. The summed E-state index contributed by atoms with van der Waals surface area (Å²) in [6, 6.07) is 5.23. The van der Waals surface area contributed by atoms with E-state index < -0.39 is 11.9 Å². The van der Waals surface area contributed by atoms with Crippen molar-refractivity contribution in [1.29, 1.82) is 0 Å². The summed E-state index contributed by atoms with van der Waals surface area (Å²) in [7, 11) is 0. The van der Waals surface area contributed by atoms with Gasteiger partial charge in [0.25, 0.3) is 5.91 Å². The second kappa shape index (κ2) is 7.47. The quantitative estimate of drug-likeness (QED) is 0.772. The number of amides is 2. The molecule has 24 heavy (non-hydrogen) atoms. The van der Waals surface area contributed by atoms with Crippen LogP contribution in [0, 0.1) is 18.8 Å². The molecule has 2 rings (SSSR count). The van der Waals surface area contributed by atoms with Gasteiger partial charge in [-0.15, -0.1) is 0 Å². The molecule has 2 amide bonds. The van der Waals surface area contributed by atoms with Gasteiger partial charge in [-0.1, -0.05) is 6.07 Å². The van der Waals surface area contributed by atoms with E-state index in [1.54, 1.807) is 18.2 Å². The van der Waals surface area contributed by atoms with Crippen molar-refractivity contribution in [1.82, 2.24) is 5.32 Å². The highest BCUT2D eigenvalue weighted by molar-refractivity contribution is 5.99. The van der Waals surface area contributed by atoms with Gasteiger partial charge >= 0.3 is 5.97 Å². The second-order valence-electron chi connectivity index (χ2n) is 6.69. The first-order chi connectivity index (χ1) is 11.3. The van der Waals surface area contributed by atoms with E-state index in [0.29, 0.717) is 30.5 Å². The van der Waals surface area contributed by atoms with Crippen LogP contribution >= 0.6 is 0 Å². The summed E-state index contributed by atoms with van der Waals surface area (Å²) in [4.78, 5) is 35.5. The summed E-state index contributed by atoms with van der Waals surface area (Å²) in [5.41, 5.74) is 1.91. The normalized spacial score (nSPS) is 20.0. The minimum atomic E-state index is -0.840. The molecule has 0 unspecified atom stereocenters. The van der Waals surface area contributed by atoms with Crippen molar-refractivity contribution in [2.24, 2.45) is 11.8 Å². The zero-order valence-corrected chi connectivity index (χ0v) is 14.3. The molecule has 0 bridgehead atoms. The number of nitrogens with one attached hydrogen (secondary N) is 2. The molecular formula is C18H24N2O4. The van der Waals surface area contributed by atoms with Gasteiger partial charge in [0.2, 0.25) is 5.91 Å². The Morgan fingerprint density at radius 1 is 1.17 bits per heavy atom. The number of anilines is 1. The molecule has 0 spiro atoms. The number of hydrogen-bond donors (Lipinski definition) is 3. The number of rotatable bonds is 5. The Morgan fingerprint density at radius 2 is 1.83 bits per heavy atom. The van der Waals surface area contributed by atoms with E-state index in [4.69, 9.17) is 5.11 Å². The van der Waals surface area contributed by atoms with Crippen LogP contribution in [0.25, 0.3) is 0 Å². The van der Waals surface area contributed by atoms with Crippen molar-refractivity contribution in [3.63, 3.8) is 0 Å². The molecule has 130 valence electrons. The molecule has 0 heterocycles. The first kappa shape index (κ1) is 18.0. The minimum absolute atomic E-state index is 0.0292. The number of aliphatic carboxylic acids is 1. The van der Waals surface area contributed by atoms with E-state index in [0.717, 1.165) is 5.56 Å². The Hall–Kier alpha value is -2.37. The van der Waals surface area contributed by atoms with Gasteiger partial charge in [-0.2, -0.15) is 0 Å². The molecule has 0 saturated heterocycles. The summed E-state index contributed by atoms with van der Waals surface area (Å²) in [5, 5.41) is 14.7. The molecule has 0 aliphatic heterocycles. The number of benzene rings is 1. The maximum Gasteiger partial charge on any atom is 0.306 e. The van der Waals surface area contributed by atoms with Crippen molar-refractivity contribution in [3.05, 3.63) is 29.3 Å². The lowest BCUT2D eigenvalue weighted by Crippen LogP contribution is -2.30. The number of carboxylic acids is 1. The summed E-state index contributed by atoms with van der Waals surface area (Å²) >= 11 is 0. The number of aryl methyl sites for hydroxylation is 1. The van der Waals surface area contributed by atoms with Crippen LogP contribution in [0.15, 0.2) is 18.2 Å². The molecule has 6 heteroatoms. The lowest BCUT2D eigenvalue weighted by atomic mass is 10.0. The van der Waals surface area contributed by atoms with Crippen molar-refractivity contribution < 1.29 is 19.5 Å². The van der Waals surface area contributed by atoms with Crippen molar-refractivity contribution >= 4 is 23.5 Å². The maximum absolute atomic E-state index is 12.3. The van der Waals surface area contributed by atoms with Crippen molar-refractivity contribution in [2.45, 2.75) is 46.1 Å². The zero-order valence-electron chi connectivity index (χ0n) is 14.3. The van der Waals surface area contributed by atoms with E-state index >= 15 is 0 Å². The largest absolute Gasteiger partial charge is 0.481 e. The lowest BCUT2D eigenvalue weighted by Gasteiger charge is -2.14. The average molecular weight is 332 g/mol. The monoisotopic (exact) mass is 332 g/mol. The molecule has 1 fully saturated rings. The third kappa shape index (κ3) is 4.34. The second-order valence-corrected chi connectivity index (χ2v) is 6.69. The Morgan fingerprint density at radius 3 is 2.42 bits per heavy atom. The number of carbonyl (C=O) groups excluding carboxylic acids is 2. The first-order valence-electron chi connectivity index (χ1n) is 8.23. The predicted octanol–water partition coefficient (Wildman–Crippen LogP) is 2.57. The topological polar surface area (TPSA) is 95.5 Å². The molecule has 1 aliphatic carbocycles. The van der Waals surface area contributed by atoms with Gasteiger partial charge < -0.3 is 15.7 Å². The third-order valence-corrected chi connectivity index (χ3v) is 4.32. The smallest absolute Gasteiger partial charge is 0.306 e. The first-order valence-corrected chi connectivity index (χ1v) is 8.23. The molecular weight excluding hydrogens is 308 g/mol. The van der Waals surface area contributed by atoms with Gasteiger partial charge in [0, 0.05) is 23.2 Å². The Balaban J connectivity index is 2.06. The van der Waals surface area contributed by atoms with Crippen molar-refractivity contribution in [3.8, 4) is 0 Å². The molecule has 3 N–H and O–H groups in total. The summed E-state index contributed by atoms with van der Waals surface area (Å²) < 4.78 is 0. The summed E-state index contributed by atoms with van der Waals surface area (Å²) in [6.07, 6.45) is 1.48. The third-order valence-electron chi connectivity index (χ3n) is 4.32. The molecule has 1 aromatic rings. The van der Waals surface area contributed by atoms with E-state index in [2.05, 4.69) is 10.6 Å². The number of carbonyl (C=O) groups is 3. The number of carboxylic acid groups (broad SMARTS) is 1. The minimum Gasteiger partial charge on any atom is -0.481 e. The van der Waals surface area contributed by atoms with E-state index in [1.165, 1.54) is 0 Å². The van der Waals surface area contributed by atoms with Crippen LogP contribution in [0.4, 0.5) is 5.69 Å². The molecule has 0 radical (unpaired) electrons. The van der Waals surface area contributed by atoms with E-state index in [1.807, 2.05) is 20.8 Å². The van der Waals surface area contributed by atoms with Gasteiger partial charge in [-0.25, -0.2) is 0 Å². The van der Waals surface area contributed by atoms with Gasteiger partial charge in [-0.05, 0) is 57.7 Å². The highest BCUT2D eigenvalue weighted by atomic mass is 16.4. The van der Waals surface area contributed by atoms with Gasteiger partial charge in [0.1, 0.15) is 0 Å². The predicted molar refractivity (Wildman–Crippen MR) is 90.9 cm³/mol. The molecule has 6 nitrogen and oxygen atoms in total. The lowest BCUT2D eigenvalue weighted by molar-refractivity contribution is -0.141. The fourth-order valence-electron chi connectivity index (χ4n) is 2.97. The van der Waals surface area contributed by atoms with E-state index in [9.17, 15) is 14.4 Å². The standard InChI is InChI=1S/C18H24N2O4/c1-10(2)19-17(22)15-9-14(7-4-11(15)3)20-16(21)12-5-6-13(8-12)18(23)24/h4,7,9-10,12-13H,5-6,8H2,1-3H3,(H,19,22)(H,20,21)(H,23,24)/t12-,13+/m1/s1. The van der Waals surface area contributed by atoms with Crippen LogP contribution in [0.1, 0.15) is 49.0 Å². The van der Waals surface area contributed by atoms with Crippen LogP contribution in [-0.4, -0.2) is 28.9 Å². The van der Waals surface area contributed by atoms with Crippen LogP contribution < -0.4 is 10.6 Å². The Kier molecular flexibility index (Phi) is 5.59. The van der Waals surface area contributed by atoms with Crippen LogP contribution in [-0.2, 0) is 9.59 Å². The average Bonchev–Trinajstić information content (AvgIpc) is 2.98. The molecule has 0 aromatic heterocycles. The van der Waals surface area contributed by atoms with Gasteiger partial charge in [-0.3, -0.25) is 14.4 Å².